The normalized spacial score (nSPS) is 19.5. The first-order valence-electron chi connectivity index (χ1n) is 11.1. The molecular weight excluding hydrogens is 426 g/mol. The lowest BCUT2D eigenvalue weighted by Gasteiger charge is -2.21. The van der Waals surface area contributed by atoms with Gasteiger partial charge in [-0.05, 0) is 74.4 Å². The van der Waals surface area contributed by atoms with Gasteiger partial charge < -0.3 is 15.4 Å². The zero-order chi connectivity index (χ0) is 23.1. The molecular formula is C24H33N3O4S. The fourth-order valence-corrected chi connectivity index (χ4v) is 4.63. The van der Waals surface area contributed by atoms with Crippen molar-refractivity contribution in [2.75, 3.05) is 18.9 Å². The molecule has 2 aromatic rings. The molecule has 1 aliphatic rings. The highest BCUT2D eigenvalue weighted by molar-refractivity contribution is 7.89. The first kappa shape index (κ1) is 24.2. The molecule has 174 valence electrons. The zero-order valence-corrected chi connectivity index (χ0v) is 19.5. The molecule has 0 saturated heterocycles. The summed E-state index contributed by atoms with van der Waals surface area (Å²) in [6.07, 6.45) is 3.26. The molecule has 3 atom stereocenters. The quantitative estimate of drug-likeness (QED) is 0.506. The maximum Gasteiger partial charge on any atom is 0.251 e. The van der Waals surface area contributed by atoms with Crippen LogP contribution in [0.2, 0.25) is 0 Å². The highest BCUT2D eigenvalue weighted by atomic mass is 32.2. The van der Waals surface area contributed by atoms with E-state index >= 15 is 0 Å². The van der Waals surface area contributed by atoms with Crippen molar-refractivity contribution in [2.24, 2.45) is 5.14 Å². The van der Waals surface area contributed by atoms with Crippen LogP contribution in [0.25, 0.3) is 0 Å². The highest BCUT2D eigenvalue weighted by Crippen LogP contribution is 2.35. The van der Waals surface area contributed by atoms with Crippen LogP contribution in [0, 0.1) is 0 Å². The maximum absolute atomic E-state index is 12.2. The number of nitrogens with two attached hydrogens (primary N) is 1. The number of sulfonamides is 1. The molecule has 8 heteroatoms. The van der Waals surface area contributed by atoms with Crippen molar-refractivity contribution >= 4 is 15.9 Å². The van der Waals surface area contributed by atoms with Crippen LogP contribution in [0.1, 0.15) is 66.6 Å². The van der Waals surface area contributed by atoms with Gasteiger partial charge in [-0.2, -0.15) is 0 Å². The fraction of sp³-hybridized carbons (Fsp3) is 0.458. The second-order valence-electron chi connectivity index (χ2n) is 8.35. The Morgan fingerprint density at radius 1 is 1.19 bits per heavy atom. The minimum absolute atomic E-state index is 0.00105. The number of carbonyl (C=O) groups is 1. The van der Waals surface area contributed by atoms with Crippen LogP contribution in [-0.2, 0) is 10.0 Å². The van der Waals surface area contributed by atoms with Crippen LogP contribution < -0.4 is 20.5 Å². The summed E-state index contributed by atoms with van der Waals surface area (Å²) in [6.45, 7) is 4.83. The molecule has 32 heavy (non-hydrogen) atoms. The van der Waals surface area contributed by atoms with Crippen molar-refractivity contribution in [1.29, 1.82) is 0 Å². The molecule has 0 aromatic heterocycles. The smallest absolute Gasteiger partial charge is 0.251 e. The summed E-state index contributed by atoms with van der Waals surface area (Å²) in [6, 6.07) is 16.5. The summed E-state index contributed by atoms with van der Waals surface area (Å²) in [5.74, 6) is 0.779. The van der Waals surface area contributed by atoms with Gasteiger partial charge in [0.15, 0.2) is 0 Å². The third kappa shape index (κ3) is 7.05. The summed E-state index contributed by atoms with van der Waals surface area (Å²) in [4.78, 5) is 12.2. The van der Waals surface area contributed by atoms with E-state index in [4.69, 9.17) is 9.88 Å². The minimum Gasteiger partial charge on any atom is -0.494 e. The molecule has 0 unspecified atom stereocenters. The topological polar surface area (TPSA) is 111 Å². The summed E-state index contributed by atoms with van der Waals surface area (Å²) in [7, 11) is -3.58. The van der Waals surface area contributed by atoms with Crippen molar-refractivity contribution in [3.63, 3.8) is 0 Å². The first-order chi connectivity index (χ1) is 15.2. The number of rotatable bonds is 10. The van der Waals surface area contributed by atoms with Crippen LogP contribution in [0.4, 0.5) is 0 Å². The third-order valence-electron chi connectivity index (χ3n) is 5.90. The number of carbonyl (C=O) groups excluding carboxylic acids is 1. The minimum atomic E-state index is -3.58. The predicted molar refractivity (Wildman–Crippen MR) is 126 cm³/mol. The van der Waals surface area contributed by atoms with E-state index < -0.39 is 10.0 Å². The second kappa shape index (κ2) is 10.9. The Labute approximate surface area is 190 Å². The van der Waals surface area contributed by atoms with Crippen LogP contribution in [-0.4, -0.2) is 39.3 Å². The Bertz CT molecular complexity index is 1010. The molecule has 0 radical (unpaired) electrons. The number of amides is 1. The predicted octanol–water partition coefficient (Wildman–Crippen LogP) is 3.09. The molecule has 1 amide bonds. The van der Waals surface area contributed by atoms with Crippen molar-refractivity contribution in [1.82, 2.24) is 10.6 Å². The Morgan fingerprint density at radius 2 is 1.94 bits per heavy atom. The first-order valence-corrected chi connectivity index (χ1v) is 12.8. The molecule has 1 fully saturated rings. The van der Waals surface area contributed by atoms with E-state index in [2.05, 4.69) is 29.7 Å². The van der Waals surface area contributed by atoms with Gasteiger partial charge in [0.25, 0.3) is 5.91 Å². The number of primary sulfonamides is 1. The summed E-state index contributed by atoms with van der Waals surface area (Å²) in [5, 5.41) is 11.3. The molecule has 0 heterocycles. The molecule has 2 aromatic carbocycles. The lowest BCUT2D eigenvalue weighted by atomic mass is 9.96. The number of hydrogen-bond donors (Lipinski definition) is 3. The number of nitrogens with one attached hydrogen (secondary N) is 2. The largest absolute Gasteiger partial charge is 0.494 e. The highest BCUT2D eigenvalue weighted by Gasteiger charge is 2.27. The Morgan fingerprint density at radius 3 is 2.62 bits per heavy atom. The van der Waals surface area contributed by atoms with Crippen molar-refractivity contribution in [3.8, 4) is 5.75 Å². The summed E-state index contributed by atoms with van der Waals surface area (Å²) in [5.41, 5.74) is 2.96. The van der Waals surface area contributed by atoms with Gasteiger partial charge in [-0.3, -0.25) is 4.79 Å². The molecule has 0 aliphatic heterocycles. The SMILES string of the molecule is CCOc1cccc([C@@H](C)N[C@H]2CC[C@@H](c3ccc(C(=O)NCCS(N)(=O)=O)cc3)C2)c1. The van der Waals surface area contributed by atoms with E-state index in [1.54, 1.807) is 12.1 Å². The van der Waals surface area contributed by atoms with E-state index in [1.165, 1.54) is 11.1 Å². The second-order valence-corrected chi connectivity index (χ2v) is 10.1. The monoisotopic (exact) mass is 459 g/mol. The molecule has 3 rings (SSSR count). The zero-order valence-electron chi connectivity index (χ0n) is 18.7. The van der Waals surface area contributed by atoms with Gasteiger partial charge in [-0.25, -0.2) is 13.6 Å². The van der Waals surface area contributed by atoms with Crippen molar-refractivity contribution in [3.05, 3.63) is 65.2 Å². The van der Waals surface area contributed by atoms with Crippen LogP contribution in [0.5, 0.6) is 5.75 Å². The Kier molecular flexibility index (Phi) is 8.28. The molecule has 4 N–H and O–H groups in total. The van der Waals surface area contributed by atoms with Gasteiger partial charge >= 0.3 is 0 Å². The van der Waals surface area contributed by atoms with E-state index in [0.29, 0.717) is 24.1 Å². The summed E-state index contributed by atoms with van der Waals surface area (Å²) >= 11 is 0. The molecule has 0 bridgehead atoms. The fourth-order valence-electron chi connectivity index (χ4n) is 4.24. The Hall–Kier alpha value is -2.42. The molecule has 0 spiro atoms. The Balaban J connectivity index is 1.51. The average molecular weight is 460 g/mol. The summed E-state index contributed by atoms with van der Waals surface area (Å²) < 4.78 is 27.6. The average Bonchev–Trinajstić information content (AvgIpc) is 3.22. The molecule has 1 saturated carbocycles. The number of benzene rings is 2. The van der Waals surface area contributed by atoms with Crippen LogP contribution >= 0.6 is 0 Å². The van der Waals surface area contributed by atoms with Gasteiger partial charge in [0.1, 0.15) is 5.75 Å². The molecule has 1 aliphatic carbocycles. The third-order valence-corrected chi connectivity index (χ3v) is 6.68. The molecule has 7 nitrogen and oxygen atoms in total. The number of hydrogen-bond acceptors (Lipinski definition) is 5. The van der Waals surface area contributed by atoms with E-state index in [-0.39, 0.29) is 24.2 Å². The van der Waals surface area contributed by atoms with E-state index in [1.807, 2.05) is 31.2 Å². The van der Waals surface area contributed by atoms with Gasteiger partial charge in [0.05, 0.1) is 12.4 Å². The van der Waals surface area contributed by atoms with Gasteiger partial charge in [-0.1, -0.05) is 24.3 Å². The van der Waals surface area contributed by atoms with E-state index in [0.717, 1.165) is 25.0 Å². The maximum atomic E-state index is 12.2. The van der Waals surface area contributed by atoms with Crippen LogP contribution in [0.15, 0.2) is 48.5 Å². The van der Waals surface area contributed by atoms with Crippen molar-refractivity contribution < 1.29 is 17.9 Å². The number of ether oxygens (including phenoxy) is 1. The van der Waals surface area contributed by atoms with Gasteiger partial charge in [0, 0.05) is 24.2 Å². The van der Waals surface area contributed by atoms with Crippen molar-refractivity contribution in [2.45, 2.75) is 51.1 Å². The van der Waals surface area contributed by atoms with Gasteiger partial charge in [-0.15, -0.1) is 0 Å². The van der Waals surface area contributed by atoms with Crippen LogP contribution in [0.3, 0.4) is 0 Å². The van der Waals surface area contributed by atoms with E-state index in [9.17, 15) is 13.2 Å². The standard InChI is InChI=1S/C24H33N3O4S/c1-3-31-23-6-4-5-20(16-23)17(2)27-22-12-11-21(15-22)18-7-9-19(10-8-18)24(28)26-13-14-32(25,29)30/h4-10,16-17,21-22,27H,3,11-15H2,1-2H3,(H,26,28)(H2,25,29,30)/t17-,21-,22+/m1/s1. The van der Waals surface area contributed by atoms with Gasteiger partial charge in [0.2, 0.25) is 10.0 Å². The lowest BCUT2D eigenvalue weighted by molar-refractivity contribution is 0.0956. The lowest BCUT2D eigenvalue weighted by Crippen LogP contribution is -2.31.